The van der Waals surface area contributed by atoms with Gasteiger partial charge >= 0.3 is 5.63 Å². The van der Waals surface area contributed by atoms with Crippen LogP contribution in [-0.2, 0) is 0 Å². The zero-order valence-corrected chi connectivity index (χ0v) is 14.4. The van der Waals surface area contributed by atoms with Crippen LogP contribution < -0.4 is 10.4 Å². The van der Waals surface area contributed by atoms with Gasteiger partial charge in [-0.25, -0.2) is 4.79 Å². The Hall–Kier alpha value is -2.04. The molecular formula is C18H20ClNO3. The molecule has 0 aliphatic heterocycles. The summed E-state index contributed by atoms with van der Waals surface area (Å²) in [4.78, 5) is 14.3. The van der Waals surface area contributed by atoms with E-state index in [1.807, 2.05) is 38.4 Å². The van der Waals surface area contributed by atoms with Gasteiger partial charge in [0.1, 0.15) is 11.3 Å². The molecule has 1 aromatic heterocycles. The molecule has 0 spiro atoms. The molecule has 0 saturated carbocycles. The van der Waals surface area contributed by atoms with E-state index < -0.39 is 0 Å². The maximum absolute atomic E-state index is 12.2. The summed E-state index contributed by atoms with van der Waals surface area (Å²) in [6.45, 7) is 2.12. The molecular weight excluding hydrogens is 314 g/mol. The molecule has 0 saturated heterocycles. The SMILES string of the molecule is COc1cc(C(C)N(C)C)c2c(c1)oc(=O)c1ccccc12.Cl. The van der Waals surface area contributed by atoms with Crippen molar-refractivity contribution in [3.63, 3.8) is 0 Å². The second-order valence-electron chi connectivity index (χ2n) is 5.66. The van der Waals surface area contributed by atoms with Crippen molar-refractivity contribution in [2.75, 3.05) is 21.2 Å². The first-order valence-electron chi connectivity index (χ1n) is 7.23. The van der Waals surface area contributed by atoms with Gasteiger partial charge in [-0.15, -0.1) is 12.4 Å². The summed E-state index contributed by atoms with van der Waals surface area (Å²) in [7, 11) is 5.67. The number of fused-ring (bicyclic) bond motifs is 3. The number of nitrogens with zero attached hydrogens (tertiary/aromatic N) is 1. The van der Waals surface area contributed by atoms with Crippen LogP contribution in [0.15, 0.2) is 45.6 Å². The number of benzene rings is 2. The average molecular weight is 334 g/mol. The fourth-order valence-corrected chi connectivity index (χ4v) is 2.74. The van der Waals surface area contributed by atoms with E-state index in [1.54, 1.807) is 19.2 Å². The molecule has 0 radical (unpaired) electrons. The molecule has 122 valence electrons. The summed E-state index contributed by atoms with van der Waals surface area (Å²) in [6, 6.07) is 11.5. The van der Waals surface area contributed by atoms with Gasteiger partial charge in [-0.05, 0) is 38.7 Å². The number of hydrogen-bond acceptors (Lipinski definition) is 4. The van der Waals surface area contributed by atoms with Gasteiger partial charge < -0.3 is 14.1 Å². The minimum Gasteiger partial charge on any atom is -0.497 e. The van der Waals surface area contributed by atoms with Crippen molar-refractivity contribution in [1.29, 1.82) is 0 Å². The molecule has 0 bridgehead atoms. The third-order valence-electron chi connectivity index (χ3n) is 4.19. The van der Waals surface area contributed by atoms with Crippen LogP contribution in [0.2, 0.25) is 0 Å². The molecule has 0 aliphatic carbocycles. The highest BCUT2D eigenvalue weighted by Crippen LogP contribution is 2.34. The lowest BCUT2D eigenvalue weighted by Crippen LogP contribution is -2.17. The minimum atomic E-state index is -0.320. The smallest absolute Gasteiger partial charge is 0.344 e. The van der Waals surface area contributed by atoms with E-state index in [2.05, 4.69) is 11.8 Å². The standard InChI is InChI=1S/C18H19NO3.ClH/c1-11(19(2)3)15-9-12(21-4)10-16-17(15)13-7-5-6-8-14(13)18(20)22-16;/h5-11H,1-4H3;1H. The van der Waals surface area contributed by atoms with E-state index in [0.717, 1.165) is 16.3 Å². The second kappa shape index (κ2) is 6.60. The first-order valence-corrected chi connectivity index (χ1v) is 7.23. The second-order valence-corrected chi connectivity index (χ2v) is 5.66. The van der Waals surface area contributed by atoms with Crippen LogP contribution >= 0.6 is 12.4 Å². The summed E-state index contributed by atoms with van der Waals surface area (Å²) in [5.41, 5.74) is 1.32. The summed E-state index contributed by atoms with van der Waals surface area (Å²) in [6.07, 6.45) is 0. The first kappa shape index (κ1) is 17.3. The summed E-state index contributed by atoms with van der Waals surface area (Å²) in [5, 5.41) is 2.49. The van der Waals surface area contributed by atoms with Gasteiger partial charge in [0.05, 0.1) is 12.5 Å². The Kier molecular flexibility index (Phi) is 4.97. The molecule has 2 aromatic carbocycles. The van der Waals surface area contributed by atoms with Gasteiger partial charge in [0.25, 0.3) is 0 Å². The Bertz CT molecular complexity index is 902. The number of halogens is 1. The van der Waals surface area contributed by atoms with Crippen LogP contribution in [0.4, 0.5) is 0 Å². The Morgan fingerprint density at radius 1 is 1.13 bits per heavy atom. The topological polar surface area (TPSA) is 42.7 Å². The summed E-state index contributed by atoms with van der Waals surface area (Å²) >= 11 is 0. The van der Waals surface area contributed by atoms with Crippen molar-refractivity contribution in [3.05, 3.63) is 52.4 Å². The molecule has 3 aromatic rings. The Balaban J connectivity index is 0.00000192. The largest absolute Gasteiger partial charge is 0.497 e. The van der Waals surface area contributed by atoms with Gasteiger partial charge in [0, 0.05) is 22.9 Å². The van der Waals surface area contributed by atoms with Gasteiger partial charge in [-0.3, -0.25) is 0 Å². The highest BCUT2D eigenvalue weighted by molar-refractivity contribution is 6.06. The maximum atomic E-state index is 12.2. The van der Waals surface area contributed by atoms with Crippen LogP contribution in [0.1, 0.15) is 18.5 Å². The van der Waals surface area contributed by atoms with Crippen LogP contribution in [0.5, 0.6) is 5.75 Å². The van der Waals surface area contributed by atoms with Crippen LogP contribution in [0, 0.1) is 0 Å². The van der Waals surface area contributed by atoms with E-state index >= 15 is 0 Å². The van der Waals surface area contributed by atoms with E-state index in [9.17, 15) is 4.79 Å². The predicted octanol–water partition coefficient (Wildman–Crippen LogP) is 4.00. The van der Waals surface area contributed by atoms with E-state index in [1.165, 1.54) is 0 Å². The van der Waals surface area contributed by atoms with Crippen LogP contribution in [0.25, 0.3) is 21.7 Å². The minimum absolute atomic E-state index is 0. The van der Waals surface area contributed by atoms with Gasteiger partial charge in [-0.1, -0.05) is 18.2 Å². The lowest BCUT2D eigenvalue weighted by atomic mass is 9.97. The van der Waals surface area contributed by atoms with Crippen molar-refractivity contribution in [2.24, 2.45) is 0 Å². The molecule has 0 aliphatic rings. The third kappa shape index (κ3) is 2.92. The first-order chi connectivity index (χ1) is 10.5. The highest BCUT2D eigenvalue weighted by atomic mass is 35.5. The molecule has 5 heteroatoms. The van der Waals surface area contributed by atoms with E-state index in [-0.39, 0.29) is 24.1 Å². The number of hydrogen-bond donors (Lipinski definition) is 0. The van der Waals surface area contributed by atoms with E-state index in [0.29, 0.717) is 16.7 Å². The third-order valence-corrected chi connectivity index (χ3v) is 4.19. The Morgan fingerprint density at radius 2 is 1.78 bits per heavy atom. The van der Waals surface area contributed by atoms with Gasteiger partial charge in [0.2, 0.25) is 0 Å². The van der Waals surface area contributed by atoms with Gasteiger partial charge in [-0.2, -0.15) is 0 Å². The lowest BCUT2D eigenvalue weighted by molar-refractivity contribution is 0.321. The van der Waals surface area contributed by atoms with Crippen molar-refractivity contribution in [1.82, 2.24) is 4.90 Å². The molecule has 3 rings (SSSR count). The zero-order valence-electron chi connectivity index (χ0n) is 13.6. The fourth-order valence-electron chi connectivity index (χ4n) is 2.74. The molecule has 1 atom stereocenters. The highest BCUT2D eigenvalue weighted by Gasteiger charge is 2.18. The molecule has 1 unspecified atom stereocenters. The fraction of sp³-hybridized carbons (Fsp3) is 0.278. The molecule has 23 heavy (non-hydrogen) atoms. The predicted molar refractivity (Wildman–Crippen MR) is 95.9 cm³/mol. The normalized spacial score (nSPS) is 12.4. The van der Waals surface area contributed by atoms with Crippen LogP contribution in [-0.4, -0.2) is 26.1 Å². The Labute approximate surface area is 141 Å². The van der Waals surface area contributed by atoms with Gasteiger partial charge in [0.15, 0.2) is 0 Å². The molecule has 0 N–H and O–H groups in total. The van der Waals surface area contributed by atoms with Crippen LogP contribution in [0.3, 0.4) is 0 Å². The average Bonchev–Trinajstić information content (AvgIpc) is 2.53. The quantitative estimate of drug-likeness (QED) is 0.536. The van der Waals surface area contributed by atoms with Crippen molar-refractivity contribution in [3.8, 4) is 5.75 Å². The summed E-state index contributed by atoms with van der Waals surface area (Å²) < 4.78 is 10.9. The van der Waals surface area contributed by atoms with Crippen molar-refractivity contribution in [2.45, 2.75) is 13.0 Å². The summed E-state index contributed by atoms with van der Waals surface area (Å²) in [5.74, 6) is 0.689. The molecule has 1 heterocycles. The number of ether oxygens (including phenoxy) is 1. The maximum Gasteiger partial charge on any atom is 0.344 e. The number of methoxy groups -OCH3 is 1. The molecule has 4 nitrogen and oxygen atoms in total. The lowest BCUT2D eigenvalue weighted by Gasteiger charge is -2.22. The number of rotatable bonds is 3. The molecule has 0 amide bonds. The molecule has 0 fully saturated rings. The zero-order chi connectivity index (χ0) is 15.9. The van der Waals surface area contributed by atoms with E-state index in [4.69, 9.17) is 9.15 Å². The monoisotopic (exact) mass is 333 g/mol. The Morgan fingerprint density at radius 3 is 2.39 bits per heavy atom. The van der Waals surface area contributed by atoms with Crippen molar-refractivity contribution >= 4 is 34.1 Å². The van der Waals surface area contributed by atoms with Crippen molar-refractivity contribution < 1.29 is 9.15 Å².